The van der Waals surface area contributed by atoms with Gasteiger partial charge in [-0.1, -0.05) is 20.8 Å². The summed E-state index contributed by atoms with van der Waals surface area (Å²) in [4.78, 5) is 23.9. The van der Waals surface area contributed by atoms with Crippen molar-refractivity contribution in [2.45, 2.75) is 39.7 Å². The van der Waals surface area contributed by atoms with Gasteiger partial charge in [-0.3, -0.25) is 9.59 Å². The summed E-state index contributed by atoms with van der Waals surface area (Å²) >= 11 is 0. The highest BCUT2D eigenvalue weighted by atomic mass is 19.1. The minimum absolute atomic E-state index is 0.101. The number of halogens is 2. The van der Waals surface area contributed by atoms with E-state index in [1.807, 2.05) is 0 Å². The van der Waals surface area contributed by atoms with Crippen LogP contribution in [0.2, 0.25) is 0 Å². The molecule has 6 heteroatoms. The third-order valence-electron chi connectivity index (χ3n) is 3.81. The first-order chi connectivity index (χ1) is 9.65. The minimum Gasteiger partial charge on any atom is -0.368 e. The van der Waals surface area contributed by atoms with E-state index in [4.69, 9.17) is 5.73 Å². The van der Waals surface area contributed by atoms with Crippen molar-refractivity contribution in [2.24, 2.45) is 11.7 Å². The Morgan fingerprint density at radius 3 is 2.29 bits per heavy atom. The van der Waals surface area contributed by atoms with Crippen LogP contribution in [-0.4, -0.2) is 17.4 Å². The van der Waals surface area contributed by atoms with E-state index in [0.717, 1.165) is 12.1 Å². The van der Waals surface area contributed by atoms with Crippen molar-refractivity contribution in [3.63, 3.8) is 0 Å². The largest absolute Gasteiger partial charge is 0.368 e. The van der Waals surface area contributed by atoms with Gasteiger partial charge in [0.15, 0.2) is 0 Å². The number of nitrogens with two attached hydrogens (primary N) is 1. The molecule has 0 radical (unpaired) electrons. The normalized spacial score (nSPS) is 13.9. The van der Waals surface area contributed by atoms with Gasteiger partial charge in [-0.25, -0.2) is 8.78 Å². The molecule has 0 saturated heterocycles. The Hall–Kier alpha value is -1.98. The lowest BCUT2D eigenvalue weighted by Crippen LogP contribution is -2.60. The van der Waals surface area contributed by atoms with Gasteiger partial charge in [0.25, 0.3) is 5.91 Å². The van der Waals surface area contributed by atoms with Crippen LogP contribution in [0.3, 0.4) is 0 Å². The first-order valence-corrected chi connectivity index (χ1v) is 6.73. The van der Waals surface area contributed by atoms with E-state index in [-0.39, 0.29) is 17.9 Å². The molecule has 1 aromatic rings. The van der Waals surface area contributed by atoms with Gasteiger partial charge in [0.2, 0.25) is 5.91 Å². The van der Waals surface area contributed by atoms with Gasteiger partial charge in [-0.05, 0) is 37.0 Å². The van der Waals surface area contributed by atoms with Gasteiger partial charge in [0, 0.05) is 0 Å². The first kappa shape index (κ1) is 17.1. The van der Waals surface area contributed by atoms with E-state index in [0.29, 0.717) is 0 Å². The van der Waals surface area contributed by atoms with Crippen LogP contribution in [0, 0.1) is 24.5 Å². The van der Waals surface area contributed by atoms with E-state index in [9.17, 15) is 18.4 Å². The molecule has 3 N–H and O–H groups in total. The van der Waals surface area contributed by atoms with E-state index >= 15 is 0 Å². The summed E-state index contributed by atoms with van der Waals surface area (Å²) in [5.41, 5.74) is 3.73. The molecular weight excluding hydrogens is 278 g/mol. The number of primary amides is 1. The lowest BCUT2D eigenvalue weighted by Gasteiger charge is -2.34. The van der Waals surface area contributed by atoms with Gasteiger partial charge in [-0.15, -0.1) is 0 Å². The summed E-state index contributed by atoms with van der Waals surface area (Å²) in [7, 11) is 0. The van der Waals surface area contributed by atoms with E-state index in [2.05, 4.69) is 5.32 Å². The molecule has 1 atom stereocenters. The molecule has 0 aliphatic carbocycles. The van der Waals surface area contributed by atoms with Crippen LogP contribution in [-0.2, 0) is 4.79 Å². The van der Waals surface area contributed by atoms with Crippen LogP contribution in [0.1, 0.15) is 43.1 Å². The average molecular weight is 298 g/mol. The molecule has 0 aromatic heterocycles. The molecule has 4 nitrogen and oxygen atoms in total. The molecular formula is C15H20F2N2O2. The number of hydrogen-bond donors (Lipinski definition) is 2. The molecule has 21 heavy (non-hydrogen) atoms. The molecule has 0 bridgehead atoms. The number of amides is 2. The van der Waals surface area contributed by atoms with E-state index in [1.165, 1.54) is 6.92 Å². The molecule has 1 rings (SSSR count). The molecule has 0 aliphatic heterocycles. The van der Waals surface area contributed by atoms with Crippen molar-refractivity contribution in [1.82, 2.24) is 5.32 Å². The highest BCUT2D eigenvalue weighted by Gasteiger charge is 2.40. The van der Waals surface area contributed by atoms with Gasteiger partial charge >= 0.3 is 0 Å². The SMILES string of the molecule is CCC(NC(=O)c1cc(F)c(C)cc1F)(C(N)=O)C(C)C. The number of carbonyl (C=O) groups excluding carboxylic acids is 2. The fourth-order valence-corrected chi connectivity index (χ4v) is 2.25. The second kappa shape index (κ2) is 6.20. The molecule has 2 amide bonds. The molecule has 116 valence electrons. The predicted molar refractivity (Wildman–Crippen MR) is 75.6 cm³/mol. The monoisotopic (exact) mass is 298 g/mol. The van der Waals surface area contributed by atoms with Crippen LogP contribution >= 0.6 is 0 Å². The maximum absolute atomic E-state index is 13.8. The molecule has 0 saturated carbocycles. The van der Waals surface area contributed by atoms with Gasteiger partial charge in [0.05, 0.1) is 5.56 Å². The van der Waals surface area contributed by atoms with Gasteiger partial charge < -0.3 is 11.1 Å². The van der Waals surface area contributed by atoms with Crippen molar-refractivity contribution in [2.75, 3.05) is 0 Å². The van der Waals surface area contributed by atoms with Crippen molar-refractivity contribution in [1.29, 1.82) is 0 Å². The Morgan fingerprint density at radius 1 is 1.29 bits per heavy atom. The fraction of sp³-hybridized carbons (Fsp3) is 0.467. The average Bonchev–Trinajstić information content (AvgIpc) is 2.39. The lowest BCUT2D eigenvalue weighted by atomic mass is 9.82. The van der Waals surface area contributed by atoms with E-state index in [1.54, 1.807) is 20.8 Å². The topological polar surface area (TPSA) is 72.2 Å². The third-order valence-corrected chi connectivity index (χ3v) is 3.81. The van der Waals surface area contributed by atoms with Gasteiger partial charge in [0.1, 0.15) is 17.2 Å². The second-order valence-corrected chi connectivity index (χ2v) is 5.38. The lowest BCUT2D eigenvalue weighted by molar-refractivity contribution is -0.126. The maximum Gasteiger partial charge on any atom is 0.255 e. The highest BCUT2D eigenvalue weighted by Crippen LogP contribution is 2.23. The summed E-state index contributed by atoms with van der Waals surface area (Å²) in [5, 5.41) is 2.46. The van der Waals surface area contributed by atoms with Crippen LogP contribution in [0.15, 0.2) is 12.1 Å². The smallest absolute Gasteiger partial charge is 0.255 e. The Morgan fingerprint density at radius 2 is 1.86 bits per heavy atom. The summed E-state index contributed by atoms with van der Waals surface area (Å²) in [6.07, 6.45) is 0.252. The molecule has 0 fully saturated rings. The Kier molecular flexibility index (Phi) is 5.04. The number of rotatable bonds is 5. The minimum atomic E-state index is -1.30. The quantitative estimate of drug-likeness (QED) is 0.875. The van der Waals surface area contributed by atoms with Crippen LogP contribution in [0.4, 0.5) is 8.78 Å². The summed E-state index contributed by atoms with van der Waals surface area (Å²) in [5.74, 6) is -3.39. The van der Waals surface area contributed by atoms with E-state index < -0.39 is 34.6 Å². The molecule has 0 spiro atoms. The second-order valence-electron chi connectivity index (χ2n) is 5.38. The Bertz CT molecular complexity index is 573. The predicted octanol–water partition coefficient (Wildman–Crippen LogP) is 2.29. The summed E-state index contributed by atoms with van der Waals surface area (Å²) in [6.45, 7) is 6.53. The third kappa shape index (κ3) is 3.20. The van der Waals surface area contributed by atoms with Gasteiger partial charge in [-0.2, -0.15) is 0 Å². The zero-order chi connectivity index (χ0) is 16.4. The van der Waals surface area contributed by atoms with Crippen molar-refractivity contribution in [3.05, 3.63) is 34.9 Å². The highest BCUT2D eigenvalue weighted by molar-refractivity contribution is 5.99. The Balaban J connectivity index is 3.20. The fourth-order valence-electron chi connectivity index (χ4n) is 2.25. The standard InChI is InChI=1S/C15H20F2N2O2/c1-5-15(8(2)3,14(18)21)19-13(20)10-7-11(16)9(4)6-12(10)17/h6-8H,5H2,1-4H3,(H2,18,21)(H,19,20). The zero-order valence-corrected chi connectivity index (χ0v) is 12.6. The number of nitrogens with one attached hydrogen (secondary N) is 1. The number of aryl methyl sites for hydroxylation is 1. The van der Waals surface area contributed by atoms with Crippen molar-refractivity contribution in [3.8, 4) is 0 Å². The van der Waals surface area contributed by atoms with Crippen LogP contribution in [0.5, 0.6) is 0 Å². The molecule has 1 aromatic carbocycles. The number of benzene rings is 1. The molecule has 0 heterocycles. The maximum atomic E-state index is 13.8. The summed E-state index contributed by atoms with van der Waals surface area (Å²) in [6, 6.07) is 1.76. The summed E-state index contributed by atoms with van der Waals surface area (Å²) < 4.78 is 27.3. The van der Waals surface area contributed by atoms with Crippen LogP contribution in [0.25, 0.3) is 0 Å². The first-order valence-electron chi connectivity index (χ1n) is 6.73. The number of carbonyl (C=O) groups is 2. The Labute approximate surface area is 122 Å². The zero-order valence-electron chi connectivity index (χ0n) is 12.6. The van der Waals surface area contributed by atoms with Crippen LogP contribution < -0.4 is 11.1 Å². The number of hydrogen-bond acceptors (Lipinski definition) is 2. The molecule has 1 unspecified atom stereocenters. The molecule has 0 aliphatic rings. The van der Waals surface area contributed by atoms with Crippen molar-refractivity contribution >= 4 is 11.8 Å². The van der Waals surface area contributed by atoms with Crippen molar-refractivity contribution < 1.29 is 18.4 Å².